The highest BCUT2D eigenvalue weighted by atomic mass is 15.3. The molecule has 0 unspecified atom stereocenters. The van der Waals surface area contributed by atoms with Crippen LogP contribution in [0, 0.1) is 6.92 Å². The summed E-state index contributed by atoms with van der Waals surface area (Å²) in [4.78, 5) is 14.0. The Hall–Kier alpha value is -3.25. The Morgan fingerprint density at radius 2 is 1.76 bits per heavy atom. The first-order valence-electron chi connectivity index (χ1n) is 10.0. The van der Waals surface area contributed by atoms with Crippen molar-refractivity contribution < 1.29 is 0 Å². The summed E-state index contributed by atoms with van der Waals surface area (Å²) in [6, 6.07) is 15.2. The van der Waals surface area contributed by atoms with E-state index in [1.165, 1.54) is 11.1 Å². The predicted octanol–water partition coefficient (Wildman–Crippen LogP) is 3.65. The van der Waals surface area contributed by atoms with Gasteiger partial charge in [-0.05, 0) is 30.2 Å². The number of rotatable bonds is 4. The van der Waals surface area contributed by atoms with Crippen LogP contribution in [0.15, 0.2) is 61.2 Å². The maximum Gasteiger partial charge on any atom is 0.139 e. The van der Waals surface area contributed by atoms with Crippen LogP contribution in [-0.4, -0.2) is 51.2 Å². The van der Waals surface area contributed by atoms with Gasteiger partial charge in [-0.3, -0.25) is 10.00 Å². The van der Waals surface area contributed by atoms with Gasteiger partial charge in [0.15, 0.2) is 0 Å². The molecule has 1 aliphatic heterocycles. The molecule has 146 valence electrons. The van der Waals surface area contributed by atoms with Gasteiger partial charge in [0, 0.05) is 49.9 Å². The topological polar surface area (TPSA) is 60.9 Å². The molecule has 0 amide bonds. The zero-order valence-corrected chi connectivity index (χ0v) is 16.5. The third kappa shape index (κ3) is 3.71. The van der Waals surface area contributed by atoms with Gasteiger partial charge in [0.1, 0.15) is 12.1 Å². The van der Waals surface area contributed by atoms with Crippen molar-refractivity contribution in [2.75, 3.05) is 31.1 Å². The van der Waals surface area contributed by atoms with Gasteiger partial charge in [0.05, 0.1) is 11.7 Å². The Labute approximate surface area is 170 Å². The van der Waals surface area contributed by atoms with E-state index in [-0.39, 0.29) is 0 Å². The van der Waals surface area contributed by atoms with E-state index < -0.39 is 0 Å². The molecule has 1 saturated heterocycles. The van der Waals surface area contributed by atoms with Gasteiger partial charge in [0.25, 0.3) is 0 Å². The van der Waals surface area contributed by atoms with Gasteiger partial charge in [-0.15, -0.1) is 0 Å². The monoisotopic (exact) mass is 384 g/mol. The zero-order chi connectivity index (χ0) is 19.6. The molecule has 0 spiro atoms. The van der Waals surface area contributed by atoms with Crippen LogP contribution < -0.4 is 4.90 Å². The van der Waals surface area contributed by atoms with Crippen molar-refractivity contribution in [2.45, 2.75) is 13.5 Å². The summed E-state index contributed by atoms with van der Waals surface area (Å²) in [6.45, 7) is 7.12. The minimum Gasteiger partial charge on any atom is -0.353 e. The predicted molar refractivity (Wildman–Crippen MR) is 116 cm³/mol. The van der Waals surface area contributed by atoms with Crippen LogP contribution in [0.4, 0.5) is 5.82 Å². The Morgan fingerprint density at radius 3 is 2.52 bits per heavy atom. The first-order chi connectivity index (χ1) is 14.3. The van der Waals surface area contributed by atoms with E-state index in [2.05, 4.69) is 79.4 Å². The Balaban J connectivity index is 1.35. The van der Waals surface area contributed by atoms with Gasteiger partial charge in [-0.2, -0.15) is 5.10 Å². The SMILES string of the molecule is Cc1ccc(CN2CCN(c3ncnc4ccc(-c5cn[nH]c5)cc34)CC2)cc1. The number of hydrogen-bond acceptors (Lipinski definition) is 5. The second kappa shape index (κ2) is 7.64. The summed E-state index contributed by atoms with van der Waals surface area (Å²) in [5, 5.41) is 8.05. The van der Waals surface area contributed by atoms with Gasteiger partial charge in [-0.1, -0.05) is 35.9 Å². The van der Waals surface area contributed by atoms with Gasteiger partial charge in [0.2, 0.25) is 0 Å². The number of fused-ring (bicyclic) bond motifs is 1. The summed E-state index contributed by atoms with van der Waals surface area (Å²) in [6.07, 6.45) is 5.43. The van der Waals surface area contributed by atoms with E-state index in [0.29, 0.717) is 0 Å². The third-order valence-electron chi connectivity index (χ3n) is 5.64. The summed E-state index contributed by atoms with van der Waals surface area (Å²) in [5.74, 6) is 1.02. The molecule has 5 rings (SSSR count). The van der Waals surface area contributed by atoms with E-state index in [1.807, 2.05) is 12.4 Å². The fraction of sp³-hybridized carbons (Fsp3) is 0.261. The minimum absolute atomic E-state index is 0.966. The van der Waals surface area contributed by atoms with Gasteiger partial charge >= 0.3 is 0 Å². The number of hydrogen-bond donors (Lipinski definition) is 1. The average molecular weight is 384 g/mol. The number of aromatic amines is 1. The first-order valence-corrected chi connectivity index (χ1v) is 10.0. The molecule has 2 aromatic heterocycles. The number of nitrogens with zero attached hydrogens (tertiary/aromatic N) is 5. The maximum atomic E-state index is 4.64. The Morgan fingerprint density at radius 1 is 0.931 bits per heavy atom. The van der Waals surface area contributed by atoms with Crippen molar-refractivity contribution in [3.63, 3.8) is 0 Å². The summed E-state index contributed by atoms with van der Waals surface area (Å²) < 4.78 is 0. The number of anilines is 1. The molecule has 6 nitrogen and oxygen atoms in total. The van der Waals surface area contributed by atoms with Crippen LogP contribution in [-0.2, 0) is 6.54 Å². The fourth-order valence-corrected chi connectivity index (χ4v) is 3.95. The molecule has 1 N–H and O–H groups in total. The number of benzene rings is 2. The van der Waals surface area contributed by atoms with Crippen molar-refractivity contribution in [1.82, 2.24) is 25.1 Å². The van der Waals surface area contributed by atoms with Gasteiger partial charge in [-0.25, -0.2) is 9.97 Å². The number of H-pyrrole nitrogens is 1. The molecule has 6 heteroatoms. The number of nitrogens with one attached hydrogen (secondary N) is 1. The summed E-state index contributed by atoms with van der Waals surface area (Å²) >= 11 is 0. The van der Waals surface area contributed by atoms with Crippen molar-refractivity contribution >= 4 is 16.7 Å². The van der Waals surface area contributed by atoms with Crippen LogP contribution in [0.1, 0.15) is 11.1 Å². The zero-order valence-electron chi connectivity index (χ0n) is 16.5. The number of aryl methyl sites for hydroxylation is 1. The normalized spacial score (nSPS) is 15.1. The van der Waals surface area contributed by atoms with Crippen LogP contribution >= 0.6 is 0 Å². The van der Waals surface area contributed by atoms with E-state index in [1.54, 1.807) is 6.33 Å². The van der Waals surface area contributed by atoms with Crippen molar-refractivity contribution in [3.05, 3.63) is 72.3 Å². The lowest BCUT2D eigenvalue weighted by Crippen LogP contribution is -2.46. The molecule has 3 heterocycles. The lowest BCUT2D eigenvalue weighted by molar-refractivity contribution is 0.249. The molecule has 0 saturated carbocycles. The molecule has 29 heavy (non-hydrogen) atoms. The lowest BCUT2D eigenvalue weighted by Gasteiger charge is -2.35. The quantitative estimate of drug-likeness (QED) is 0.582. The molecular weight excluding hydrogens is 360 g/mol. The summed E-state index contributed by atoms with van der Waals surface area (Å²) in [5.41, 5.74) is 5.86. The molecular formula is C23H24N6. The minimum atomic E-state index is 0.966. The number of piperazine rings is 1. The molecule has 4 aromatic rings. The fourth-order valence-electron chi connectivity index (χ4n) is 3.95. The highest BCUT2D eigenvalue weighted by Gasteiger charge is 2.20. The van der Waals surface area contributed by atoms with Crippen LogP contribution in [0.5, 0.6) is 0 Å². The van der Waals surface area contributed by atoms with E-state index >= 15 is 0 Å². The highest BCUT2D eigenvalue weighted by molar-refractivity contribution is 5.92. The van der Waals surface area contributed by atoms with Crippen LogP contribution in [0.3, 0.4) is 0 Å². The third-order valence-corrected chi connectivity index (χ3v) is 5.64. The summed E-state index contributed by atoms with van der Waals surface area (Å²) in [7, 11) is 0. The molecule has 0 radical (unpaired) electrons. The van der Waals surface area contributed by atoms with Crippen LogP contribution in [0.2, 0.25) is 0 Å². The maximum absolute atomic E-state index is 4.64. The second-order valence-electron chi connectivity index (χ2n) is 7.66. The number of aromatic nitrogens is 4. The lowest BCUT2D eigenvalue weighted by atomic mass is 10.1. The van der Waals surface area contributed by atoms with E-state index in [0.717, 1.165) is 60.6 Å². The standard InChI is InChI=1S/C23H24N6/c1-17-2-4-18(5-3-17)15-28-8-10-29(11-9-28)23-21-12-19(20-13-26-27-14-20)6-7-22(21)24-16-25-23/h2-7,12-14,16H,8-11,15H2,1H3,(H,26,27). The van der Waals surface area contributed by atoms with Crippen molar-refractivity contribution in [3.8, 4) is 11.1 Å². The highest BCUT2D eigenvalue weighted by Crippen LogP contribution is 2.29. The van der Waals surface area contributed by atoms with Crippen molar-refractivity contribution in [1.29, 1.82) is 0 Å². The largest absolute Gasteiger partial charge is 0.353 e. The molecule has 1 fully saturated rings. The Kier molecular flexibility index (Phi) is 4.69. The molecule has 0 aliphatic carbocycles. The second-order valence-corrected chi connectivity index (χ2v) is 7.66. The molecule has 2 aromatic carbocycles. The van der Waals surface area contributed by atoms with Crippen molar-refractivity contribution in [2.24, 2.45) is 0 Å². The van der Waals surface area contributed by atoms with Crippen LogP contribution in [0.25, 0.3) is 22.0 Å². The first kappa shape index (κ1) is 17.8. The Bertz CT molecular complexity index is 1100. The molecule has 1 aliphatic rings. The van der Waals surface area contributed by atoms with E-state index in [4.69, 9.17) is 0 Å². The van der Waals surface area contributed by atoms with Gasteiger partial charge < -0.3 is 4.90 Å². The average Bonchev–Trinajstić information content (AvgIpc) is 3.30. The molecule has 0 bridgehead atoms. The van der Waals surface area contributed by atoms with E-state index in [9.17, 15) is 0 Å². The smallest absolute Gasteiger partial charge is 0.139 e. The molecule has 0 atom stereocenters.